The number of nitrogens with one attached hydrogen (secondary N) is 2. The van der Waals surface area contributed by atoms with Crippen LogP contribution in [0.2, 0.25) is 0 Å². The van der Waals surface area contributed by atoms with Gasteiger partial charge in [-0.2, -0.15) is 0 Å². The summed E-state index contributed by atoms with van der Waals surface area (Å²) in [6.45, 7) is 6.09. The predicted octanol–water partition coefficient (Wildman–Crippen LogP) is 3.77. The Morgan fingerprint density at radius 3 is 2.11 bits per heavy atom. The van der Waals surface area contributed by atoms with Crippen LogP contribution in [0, 0.1) is 5.92 Å². The lowest BCUT2D eigenvalue weighted by Crippen LogP contribution is -2.40. The number of ether oxygens (including phenoxy) is 4. The molecule has 2 atom stereocenters. The Morgan fingerprint density at radius 1 is 0.973 bits per heavy atom. The molecule has 0 bridgehead atoms. The molecule has 9 heteroatoms. The van der Waals surface area contributed by atoms with Crippen LogP contribution < -0.4 is 29.6 Å². The van der Waals surface area contributed by atoms with Gasteiger partial charge in [-0.05, 0) is 72.7 Å². The van der Waals surface area contributed by atoms with Crippen molar-refractivity contribution in [2.75, 3.05) is 35.0 Å². The van der Waals surface area contributed by atoms with Crippen LogP contribution >= 0.6 is 0 Å². The van der Waals surface area contributed by atoms with Crippen molar-refractivity contribution in [2.45, 2.75) is 52.1 Å². The van der Waals surface area contributed by atoms with Crippen molar-refractivity contribution in [3.8, 4) is 23.0 Å². The Balaban J connectivity index is 0.000000341. The lowest BCUT2D eigenvalue weighted by Gasteiger charge is -2.28. The number of amides is 1. The van der Waals surface area contributed by atoms with Gasteiger partial charge in [0.05, 0.1) is 28.4 Å². The monoisotopic (exact) mass is 516 g/mol. The molecule has 0 aliphatic carbocycles. The SMILES string of the molecule is CC(=O)N[C@H](CC(C)C)C(=O)O.COc1ccc(C[C@@H]2NCCc3cc(OC)c(OC)cc32)cc1OC. The van der Waals surface area contributed by atoms with Crippen LogP contribution in [0.15, 0.2) is 30.3 Å². The highest BCUT2D eigenvalue weighted by atomic mass is 16.5. The van der Waals surface area contributed by atoms with E-state index in [0.29, 0.717) is 6.42 Å². The number of fused-ring (bicyclic) bond motifs is 1. The van der Waals surface area contributed by atoms with Crippen LogP contribution in [0.4, 0.5) is 0 Å². The number of aliphatic carboxylic acids is 1. The molecule has 0 aromatic heterocycles. The zero-order valence-electron chi connectivity index (χ0n) is 22.8. The summed E-state index contributed by atoms with van der Waals surface area (Å²) in [5, 5.41) is 14.6. The number of hydrogen-bond donors (Lipinski definition) is 3. The van der Waals surface area contributed by atoms with Gasteiger partial charge in [-0.3, -0.25) is 4.79 Å². The zero-order valence-corrected chi connectivity index (χ0v) is 22.8. The smallest absolute Gasteiger partial charge is 0.326 e. The standard InChI is InChI=1S/C20H25NO4.C8H15NO3/c1-22-17-6-5-13(10-18(17)23-2)9-16-15-12-20(25-4)19(24-3)11-14(15)7-8-21-16;1-5(2)4-7(8(11)12)9-6(3)10/h5-6,10-12,16,21H,7-9H2,1-4H3;5,7H,4H2,1-3H3,(H,9,10)(H,11,12)/t16-;7-/m01/s1. The summed E-state index contributed by atoms with van der Waals surface area (Å²) in [6.07, 6.45) is 2.32. The largest absolute Gasteiger partial charge is 0.493 e. The lowest BCUT2D eigenvalue weighted by atomic mass is 9.89. The number of methoxy groups -OCH3 is 4. The second-order valence-corrected chi connectivity index (χ2v) is 9.28. The second-order valence-electron chi connectivity index (χ2n) is 9.28. The van der Waals surface area contributed by atoms with Gasteiger partial charge in [-0.15, -0.1) is 0 Å². The van der Waals surface area contributed by atoms with Crippen molar-refractivity contribution in [2.24, 2.45) is 5.92 Å². The maximum absolute atomic E-state index is 10.6. The van der Waals surface area contributed by atoms with Crippen LogP contribution in [0.25, 0.3) is 0 Å². The van der Waals surface area contributed by atoms with Crippen LogP contribution in [0.1, 0.15) is 49.9 Å². The number of carboxylic acids is 1. The van der Waals surface area contributed by atoms with Crippen molar-refractivity contribution in [3.05, 3.63) is 47.0 Å². The fourth-order valence-electron chi connectivity index (χ4n) is 4.33. The van der Waals surface area contributed by atoms with Gasteiger partial charge >= 0.3 is 5.97 Å². The highest BCUT2D eigenvalue weighted by molar-refractivity contribution is 5.82. The number of carbonyl (C=O) groups is 2. The van der Waals surface area contributed by atoms with Gasteiger partial charge < -0.3 is 34.7 Å². The normalized spacial score (nSPS) is 15.0. The van der Waals surface area contributed by atoms with Gasteiger partial charge in [0, 0.05) is 13.0 Å². The van der Waals surface area contributed by atoms with Crippen molar-refractivity contribution < 1.29 is 33.6 Å². The van der Waals surface area contributed by atoms with E-state index in [1.165, 1.54) is 23.6 Å². The second kappa shape index (κ2) is 14.3. The van der Waals surface area contributed by atoms with E-state index in [1.54, 1.807) is 28.4 Å². The molecule has 0 radical (unpaired) electrons. The lowest BCUT2D eigenvalue weighted by molar-refractivity contribution is -0.142. The quantitative estimate of drug-likeness (QED) is 0.437. The molecule has 204 valence electrons. The Labute approximate surface area is 219 Å². The van der Waals surface area contributed by atoms with Crippen molar-refractivity contribution in [3.63, 3.8) is 0 Å². The van der Waals surface area contributed by atoms with E-state index in [2.05, 4.69) is 28.8 Å². The molecule has 3 N–H and O–H groups in total. The first-order chi connectivity index (χ1) is 17.6. The van der Waals surface area contributed by atoms with Gasteiger partial charge in [-0.25, -0.2) is 4.79 Å². The average Bonchev–Trinajstić information content (AvgIpc) is 2.87. The van der Waals surface area contributed by atoms with Gasteiger partial charge in [-0.1, -0.05) is 19.9 Å². The minimum atomic E-state index is -0.973. The summed E-state index contributed by atoms with van der Waals surface area (Å²) in [6, 6.07) is 9.73. The molecule has 0 saturated heterocycles. The molecule has 0 spiro atoms. The van der Waals surface area contributed by atoms with Crippen LogP contribution in [0.3, 0.4) is 0 Å². The average molecular weight is 517 g/mol. The van der Waals surface area contributed by atoms with E-state index < -0.39 is 12.0 Å². The molecule has 0 saturated carbocycles. The Bertz CT molecular complexity index is 1060. The van der Waals surface area contributed by atoms with Crippen molar-refractivity contribution >= 4 is 11.9 Å². The van der Waals surface area contributed by atoms with Gasteiger partial charge in [0.25, 0.3) is 0 Å². The molecule has 9 nitrogen and oxygen atoms in total. The van der Waals surface area contributed by atoms with Crippen LogP contribution in [0.5, 0.6) is 23.0 Å². The first-order valence-corrected chi connectivity index (χ1v) is 12.3. The van der Waals surface area contributed by atoms with Gasteiger partial charge in [0.2, 0.25) is 5.91 Å². The number of benzene rings is 2. The predicted molar refractivity (Wildman–Crippen MR) is 142 cm³/mol. The molecular formula is C28H40N2O7. The van der Waals surface area contributed by atoms with E-state index in [1.807, 2.05) is 26.0 Å². The molecule has 1 amide bonds. The van der Waals surface area contributed by atoms with E-state index in [4.69, 9.17) is 24.1 Å². The Kier molecular flexibility index (Phi) is 11.5. The summed E-state index contributed by atoms with van der Waals surface area (Å²) >= 11 is 0. The molecule has 1 heterocycles. The minimum Gasteiger partial charge on any atom is -0.493 e. The third-order valence-corrected chi connectivity index (χ3v) is 6.08. The highest BCUT2D eigenvalue weighted by Crippen LogP contribution is 2.37. The third kappa shape index (κ3) is 8.56. The summed E-state index contributed by atoms with van der Waals surface area (Å²) in [4.78, 5) is 21.1. The first kappa shape index (κ1) is 29.8. The molecule has 0 unspecified atom stereocenters. The Hall–Kier alpha value is -3.46. The number of carbonyl (C=O) groups excluding carboxylic acids is 1. The molecule has 1 aliphatic heterocycles. The summed E-state index contributed by atoms with van der Waals surface area (Å²) < 4.78 is 21.7. The molecule has 2 aromatic rings. The van der Waals surface area contributed by atoms with Gasteiger partial charge in [0.15, 0.2) is 23.0 Å². The van der Waals surface area contributed by atoms with Crippen molar-refractivity contribution in [1.29, 1.82) is 0 Å². The molecule has 37 heavy (non-hydrogen) atoms. The van der Waals surface area contributed by atoms with E-state index in [0.717, 1.165) is 42.4 Å². The van der Waals surface area contributed by atoms with Gasteiger partial charge in [0.1, 0.15) is 6.04 Å². The highest BCUT2D eigenvalue weighted by Gasteiger charge is 2.23. The molecule has 1 aliphatic rings. The molecule has 0 fully saturated rings. The van der Waals surface area contributed by atoms with E-state index >= 15 is 0 Å². The first-order valence-electron chi connectivity index (χ1n) is 12.3. The maximum Gasteiger partial charge on any atom is 0.326 e. The van der Waals surface area contributed by atoms with Crippen LogP contribution in [-0.2, 0) is 22.4 Å². The Morgan fingerprint density at radius 2 is 1.57 bits per heavy atom. The number of rotatable bonds is 10. The van der Waals surface area contributed by atoms with E-state index in [-0.39, 0.29) is 17.9 Å². The fraction of sp³-hybridized carbons (Fsp3) is 0.500. The molecule has 3 rings (SSSR count). The minimum absolute atomic E-state index is 0.224. The topological polar surface area (TPSA) is 115 Å². The fourth-order valence-corrected chi connectivity index (χ4v) is 4.33. The number of carboxylic acid groups (broad SMARTS) is 1. The summed E-state index contributed by atoms with van der Waals surface area (Å²) in [5.74, 6) is 2.04. The number of hydrogen-bond acceptors (Lipinski definition) is 7. The summed E-state index contributed by atoms with van der Waals surface area (Å²) in [5.41, 5.74) is 3.76. The maximum atomic E-state index is 10.6. The zero-order chi connectivity index (χ0) is 27.5. The summed E-state index contributed by atoms with van der Waals surface area (Å²) in [7, 11) is 6.65. The van der Waals surface area contributed by atoms with Crippen LogP contribution in [-0.4, -0.2) is 58.0 Å². The van der Waals surface area contributed by atoms with Crippen molar-refractivity contribution in [1.82, 2.24) is 10.6 Å². The molecule has 2 aromatic carbocycles. The molecular weight excluding hydrogens is 476 g/mol. The third-order valence-electron chi connectivity index (χ3n) is 6.08. The van der Waals surface area contributed by atoms with E-state index in [9.17, 15) is 9.59 Å².